The van der Waals surface area contributed by atoms with Crippen molar-refractivity contribution in [1.82, 2.24) is 9.88 Å². The summed E-state index contributed by atoms with van der Waals surface area (Å²) in [7, 11) is 3.21. The summed E-state index contributed by atoms with van der Waals surface area (Å²) >= 11 is 0. The Morgan fingerprint density at radius 2 is 1.68 bits per heavy atom. The predicted octanol–water partition coefficient (Wildman–Crippen LogP) is 3.53. The summed E-state index contributed by atoms with van der Waals surface area (Å²) in [4.78, 5) is 22.9. The summed E-state index contributed by atoms with van der Waals surface area (Å²) in [6.07, 6.45) is 0.449. The third kappa shape index (κ3) is 4.06. The average Bonchev–Trinajstić information content (AvgIpc) is 3.15. The zero-order chi connectivity index (χ0) is 20.1. The van der Waals surface area contributed by atoms with Crippen molar-refractivity contribution in [2.45, 2.75) is 12.8 Å². The van der Waals surface area contributed by atoms with Crippen LogP contribution in [0.15, 0.2) is 60.7 Å². The van der Waals surface area contributed by atoms with Crippen LogP contribution in [0.4, 0.5) is 0 Å². The van der Waals surface area contributed by atoms with Crippen molar-refractivity contribution in [1.29, 1.82) is 0 Å². The molecule has 2 N–H and O–H groups in total. The van der Waals surface area contributed by atoms with Crippen LogP contribution in [0.5, 0.6) is 5.75 Å². The fourth-order valence-electron chi connectivity index (χ4n) is 3.11. The van der Waals surface area contributed by atoms with Gasteiger partial charge in [-0.1, -0.05) is 0 Å². The number of rotatable bonds is 7. The van der Waals surface area contributed by atoms with Crippen LogP contribution < -0.4 is 10.1 Å². The minimum atomic E-state index is -0.839. The molecule has 0 aliphatic carbocycles. The van der Waals surface area contributed by atoms with E-state index in [0.717, 1.165) is 28.4 Å². The number of methoxy groups -OCH3 is 1. The van der Waals surface area contributed by atoms with Crippen LogP contribution in [-0.2, 0) is 11.2 Å². The van der Waals surface area contributed by atoms with Crippen molar-refractivity contribution in [3.63, 3.8) is 0 Å². The van der Waals surface area contributed by atoms with E-state index in [1.807, 2.05) is 53.1 Å². The topological polar surface area (TPSA) is 80.6 Å². The van der Waals surface area contributed by atoms with Crippen molar-refractivity contribution >= 4 is 11.9 Å². The Hall–Kier alpha value is -3.54. The Kier molecular flexibility index (Phi) is 5.79. The number of nitrogens with zero attached hydrogens (tertiary/aromatic N) is 1. The molecule has 0 spiro atoms. The lowest BCUT2D eigenvalue weighted by Gasteiger charge is -2.15. The summed E-state index contributed by atoms with van der Waals surface area (Å²) in [5, 5.41) is 11.7. The molecule has 0 saturated heterocycles. The van der Waals surface area contributed by atoms with E-state index in [-0.39, 0.29) is 12.3 Å². The molecule has 3 aromatic rings. The van der Waals surface area contributed by atoms with E-state index in [0.29, 0.717) is 12.0 Å². The van der Waals surface area contributed by atoms with Gasteiger partial charge in [-0.05, 0) is 72.6 Å². The molecule has 3 rings (SSSR count). The van der Waals surface area contributed by atoms with Crippen LogP contribution in [0.25, 0.3) is 16.9 Å². The average molecular weight is 378 g/mol. The number of amides is 1. The first-order chi connectivity index (χ1) is 13.5. The Morgan fingerprint density at radius 3 is 2.25 bits per heavy atom. The highest BCUT2D eigenvalue weighted by molar-refractivity contribution is 5.94. The van der Waals surface area contributed by atoms with Gasteiger partial charge in [-0.3, -0.25) is 9.59 Å². The summed E-state index contributed by atoms with van der Waals surface area (Å²) < 4.78 is 7.25. The molecular weight excluding hydrogens is 356 g/mol. The van der Waals surface area contributed by atoms with Crippen LogP contribution in [0.2, 0.25) is 0 Å². The lowest BCUT2D eigenvalue weighted by molar-refractivity contribution is -0.136. The normalized spacial score (nSPS) is 10.5. The van der Waals surface area contributed by atoms with Crippen molar-refractivity contribution < 1.29 is 19.4 Å². The maximum Gasteiger partial charge on any atom is 0.303 e. The number of benzene rings is 2. The molecule has 2 aromatic carbocycles. The molecule has 0 fully saturated rings. The molecule has 0 atom stereocenters. The van der Waals surface area contributed by atoms with Crippen LogP contribution in [0.3, 0.4) is 0 Å². The standard InChI is InChI=1S/C22H22N2O4/c1-23-22(27)16-3-7-17(8-4-16)24-18(10-14-21(25)26)9-13-20(24)15-5-11-19(28-2)12-6-15/h3-9,11-13H,10,14H2,1-2H3,(H,23,27)(H,25,26). The third-order valence-electron chi connectivity index (χ3n) is 4.56. The minimum Gasteiger partial charge on any atom is -0.497 e. The summed E-state index contributed by atoms with van der Waals surface area (Å²) in [5.41, 5.74) is 4.25. The number of carbonyl (C=O) groups excluding carboxylic acids is 1. The summed E-state index contributed by atoms with van der Waals surface area (Å²) in [6, 6.07) is 18.9. The molecule has 0 unspecified atom stereocenters. The first-order valence-electron chi connectivity index (χ1n) is 8.93. The van der Waals surface area contributed by atoms with Crippen LogP contribution >= 0.6 is 0 Å². The summed E-state index contributed by atoms with van der Waals surface area (Å²) in [6.45, 7) is 0. The molecule has 0 saturated carbocycles. The molecule has 1 heterocycles. The molecule has 0 aliphatic heterocycles. The van der Waals surface area contributed by atoms with Crippen molar-refractivity contribution in [2.75, 3.05) is 14.2 Å². The highest BCUT2D eigenvalue weighted by Gasteiger charge is 2.14. The first kappa shape index (κ1) is 19.2. The van der Waals surface area contributed by atoms with E-state index in [1.54, 1.807) is 26.3 Å². The maximum absolute atomic E-state index is 11.8. The zero-order valence-electron chi connectivity index (χ0n) is 15.8. The molecule has 6 nitrogen and oxygen atoms in total. The van der Waals surface area contributed by atoms with Gasteiger partial charge in [0.25, 0.3) is 5.91 Å². The SMILES string of the molecule is CNC(=O)c1ccc(-n2c(CCC(=O)O)ccc2-c2ccc(OC)cc2)cc1. The second kappa shape index (κ2) is 8.43. The number of aromatic nitrogens is 1. The molecule has 28 heavy (non-hydrogen) atoms. The second-order valence-corrected chi connectivity index (χ2v) is 6.29. The highest BCUT2D eigenvalue weighted by Crippen LogP contribution is 2.29. The number of ether oxygens (including phenoxy) is 1. The number of aliphatic carboxylic acids is 1. The number of hydrogen-bond acceptors (Lipinski definition) is 3. The number of nitrogens with one attached hydrogen (secondary N) is 1. The van der Waals surface area contributed by atoms with E-state index in [4.69, 9.17) is 9.84 Å². The molecule has 1 amide bonds. The lowest BCUT2D eigenvalue weighted by atomic mass is 10.1. The molecule has 1 aromatic heterocycles. The third-order valence-corrected chi connectivity index (χ3v) is 4.56. The van der Waals surface area contributed by atoms with E-state index in [9.17, 15) is 9.59 Å². The first-order valence-corrected chi connectivity index (χ1v) is 8.93. The maximum atomic E-state index is 11.8. The van der Waals surface area contributed by atoms with E-state index < -0.39 is 5.97 Å². The smallest absolute Gasteiger partial charge is 0.303 e. The number of carbonyl (C=O) groups is 2. The molecule has 0 bridgehead atoms. The van der Waals surface area contributed by atoms with Crippen LogP contribution in [0.1, 0.15) is 22.5 Å². The Labute approximate surface area is 163 Å². The van der Waals surface area contributed by atoms with Crippen LogP contribution in [-0.4, -0.2) is 35.7 Å². The highest BCUT2D eigenvalue weighted by atomic mass is 16.5. The Bertz CT molecular complexity index is 973. The van der Waals surface area contributed by atoms with Gasteiger partial charge in [0, 0.05) is 24.0 Å². The van der Waals surface area contributed by atoms with Gasteiger partial charge in [-0.2, -0.15) is 0 Å². The van der Waals surface area contributed by atoms with Gasteiger partial charge < -0.3 is 19.7 Å². The Morgan fingerprint density at radius 1 is 1.00 bits per heavy atom. The molecular formula is C22H22N2O4. The van der Waals surface area contributed by atoms with E-state index in [1.165, 1.54) is 0 Å². The molecule has 6 heteroatoms. The number of carboxylic acids is 1. The molecule has 0 aliphatic rings. The second-order valence-electron chi connectivity index (χ2n) is 6.29. The largest absolute Gasteiger partial charge is 0.497 e. The van der Waals surface area contributed by atoms with Crippen molar-refractivity contribution in [3.05, 3.63) is 71.9 Å². The van der Waals surface area contributed by atoms with E-state index >= 15 is 0 Å². The van der Waals surface area contributed by atoms with Gasteiger partial charge in [0.1, 0.15) is 5.75 Å². The molecule has 144 valence electrons. The fourth-order valence-corrected chi connectivity index (χ4v) is 3.11. The zero-order valence-corrected chi connectivity index (χ0v) is 15.8. The van der Waals surface area contributed by atoms with Gasteiger partial charge in [0.15, 0.2) is 0 Å². The minimum absolute atomic E-state index is 0.0440. The van der Waals surface area contributed by atoms with Gasteiger partial charge in [0.05, 0.1) is 19.2 Å². The van der Waals surface area contributed by atoms with Gasteiger partial charge >= 0.3 is 5.97 Å². The van der Waals surface area contributed by atoms with Gasteiger partial charge in [-0.15, -0.1) is 0 Å². The van der Waals surface area contributed by atoms with Crippen molar-refractivity contribution in [3.8, 4) is 22.7 Å². The predicted molar refractivity (Wildman–Crippen MR) is 107 cm³/mol. The lowest BCUT2D eigenvalue weighted by Crippen LogP contribution is -2.17. The quantitative estimate of drug-likeness (QED) is 0.659. The van der Waals surface area contributed by atoms with E-state index in [2.05, 4.69) is 5.32 Å². The number of hydrogen-bond donors (Lipinski definition) is 2. The summed E-state index contributed by atoms with van der Waals surface area (Å²) in [5.74, 6) is -0.225. The van der Waals surface area contributed by atoms with Crippen molar-refractivity contribution in [2.24, 2.45) is 0 Å². The van der Waals surface area contributed by atoms with Crippen LogP contribution in [0, 0.1) is 0 Å². The molecule has 0 radical (unpaired) electrons. The van der Waals surface area contributed by atoms with Gasteiger partial charge in [0.2, 0.25) is 0 Å². The van der Waals surface area contributed by atoms with Gasteiger partial charge in [-0.25, -0.2) is 0 Å². The Balaban J connectivity index is 2.05. The monoisotopic (exact) mass is 378 g/mol. The fraction of sp³-hybridized carbons (Fsp3) is 0.182. The number of carboxylic acid groups (broad SMARTS) is 1. The number of aryl methyl sites for hydroxylation is 1.